The molecule has 1 aromatic rings. The molecule has 104 valence electrons. The van der Waals surface area contributed by atoms with Gasteiger partial charge in [0.25, 0.3) is 5.91 Å². The molecule has 0 aliphatic carbocycles. The van der Waals surface area contributed by atoms with Crippen LogP contribution < -0.4 is 5.32 Å². The summed E-state index contributed by atoms with van der Waals surface area (Å²) in [6.45, 7) is 5.90. The molecule has 0 spiro atoms. The molecule has 1 N–H and O–H groups in total. The summed E-state index contributed by atoms with van der Waals surface area (Å²) in [5, 5.41) is 3.07. The fourth-order valence-corrected chi connectivity index (χ4v) is 3.70. The van der Waals surface area contributed by atoms with E-state index in [0.29, 0.717) is 17.1 Å². The molecule has 1 amide bonds. The Hall–Kier alpha value is -1.23. The summed E-state index contributed by atoms with van der Waals surface area (Å²) in [5.74, 6) is 1.25. The molecule has 1 saturated heterocycles. The van der Waals surface area contributed by atoms with Gasteiger partial charge in [-0.15, -0.1) is 0 Å². The molecule has 5 heteroatoms. The average Bonchev–Trinajstić information content (AvgIpc) is 2.36. The smallest absolute Gasteiger partial charge is 0.253 e. The van der Waals surface area contributed by atoms with E-state index in [1.807, 2.05) is 26.8 Å². The number of carbonyl (C=O) groups is 1. The zero-order valence-corrected chi connectivity index (χ0v) is 12.5. The first-order chi connectivity index (χ1) is 8.89. The summed E-state index contributed by atoms with van der Waals surface area (Å²) in [7, 11) is -0.717. The highest BCUT2D eigenvalue weighted by Gasteiger charge is 2.31. The zero-order valence-electron chi connectivity index (χ0n) is 11.7. The third-order valence-corrected chi connectivity index (χ3v) is 5.10. The highest BCUT2D eigenvalue weighted by Crippen LogP contribution is 2.22. The molecular formula is C14H20N2O2S. The maximum Gasteiger partial charge on any atom is 0.253 e. The Morgan fingerprint density at radius 1 is 1.37 bits per heavy atom. The van der Waals surface area contributed by atoms with Crippen molar-refractivity contribution < 1.29 is 9.00 Å². The van der Waals surface area contributed by atoms with Crippen molar-refractivity contribution >= 4 is 16.7 Å². The average molecular weight is 280 g/mol. The topological polar surface area (TPSA) is 59.1 Å². The van der Waals surface area contributed by atoms with Crippen molar-refractivity contribution in [3.63, 3.8) is 0 Å². The lowest BCUT2D eigenvalue weighted by Gasteiger charge is -2.34. The van der Waals surface area contributed by atoms with E-state index < -0.39 is 10.8 Å². The molecule has 2 heterocycles. The van der Waals surface area contributed by atoms with Crippen LogP contribution in [0.15, 0.2) is 12.3 Å². The standard InChI is InChI=1S/C14H20N2O2S/c1-10-8-12(9-15-11(10)2)13(17)16-14(3)4-6-19(18)7-5-14/h8-9H,4-7H2,1-3H3,(H,16,17). The van der Waals surface area contributed by atoms with Crippen molar-refractivity contribution in [2.75, 3.05) is 11.5 Å². The van der Waals surface area contributed by atoms with Gasteiger partial charge in [0.15, 0.2) is 0 Å². The predicted molar refractivity (Wildman–Crippen MR) is 76.7 cm³/mol. The van der Waals surface area contributed by atoms with Crippen molar-refractivity contribution in [3.8, 4) is 0 Å². The van der Waals surface area contributed by atoms with E-state index in [1.54, 1.807) is 6.20 Å². The van der Waals surface area contributed by atoms with Gasteiger partial charge in [-0.05, 0) is 45.2 Å². The van der Waals surface area contributed by atoms with E-state index in [4.69, 9.17) is 0 Å². The van der Waals surface area contributed by atoms with Gasteiger partial charge in [-0.3, -0.25) is 14.0 Å². The Bertz CT molecular complexity index is 518. The molecule has 1 aromatic heterocycles. The van der Waals surface area contributed by atoms with E-state index in [2.05, 4.69) is 10.3 Å². The lowest BCUT2D eigenvalue weighted by molar-refractivity contribution is 0.0900. The minimum Gasteiger partial charge on any atom is -0.347 e. The Kier molecular flexibility index (Phi) is 4.04. The number of nitrogens with one attached hydrogen (secondary N) is 1. The summed E-state index contributed by atoms with van der Waals surface area (Å²) in [5.41, 5.74) is 2.30. The number of aromatic nitrogens is 1. The molecule has 0 bridgehead atoms. The first kappa shape index (κ1) is 14.2. The van der Waals surface area contributed by atoms with Crippen molar-refractivity contribution in [1.82, 2.24) is 10.3 Å². The van der Waals surface area contributed by atoms with Gasteiger partial charge >= 0.3 is 0 Å². The van der Waals surface area contributed by atoms with E-state index in [9.17, 15) is 9.00 Å². The molecule has 0 radical (unpaired) electrons. The normalized spacial score (nSPS) is 27.0. The molecule has 0 unspecified atom stereocenters. The van der Waals surface area contributed by atoms with Crippen LogP contribution in [0.3, 0.4) is 0 Å². The monoisotopic (exact) mass is 280 g/mol. The van der Waals surface area contributed by atoms with Crippen LogP contribution in [-0.4, -0.2) is 32.1 Å². The van der Waals surface area contributed by atoms with Gasteiger partial charge in [0, 0.05) is 39.7 Å². The number of amides is 1. The first-order valence-electron chi connectivity index (χ1n) is 6.50. The number of rotatable bonds is 2. The van der Waals surface area contributed by atoms with Crippen LogP contribution in [0.25, 0.3) is 0 Å². The van der Waals surface area contributed by atoms with Crippen molar-refractivity contribution in [2.45, 2.75) is 39.2 Å². The molecule has 1 aliphatic rings. The Balaban J connectivity index is 2.08. The number of carbonyl (C=O) groups excluding carboxylic acids is 1. The fourth-order valence-electron chi connectivity index (χ4n) is 2.14. The Morgan fingerprint density at radius 3 is 2.58 bits per heavy atom. The molecule has 0 saturated carbocycles. The second-order valence-electron chi connectivity index (χ2n) is 5.49. The van der Waals surface area contributed by atoms with Gasteiger partial charge in [0.1, 0.15) is 0 Å². The maximum absolute atomic E-state index is 12.2. The number of pyridine rings is 1. The highest BCUT2D eigenvalue weighted by molar-refractivity contribution is 7.85. The van der Waals surface area contributed by atoms with Gasteiger partial charge in [0.05, 0.1) is 5.56 Å². The van der Waals surface area contributed by atoms with Gasteiger partial charge in [-0.1, -0.05) is 0 Å². The minimum absolute atomic E-state index is 0.0919. The molecule has 4 nitrogen and oxygen atoms in total. The molecule has 2 rings (SSSR count). The maximum atomic E-state index is 12.2. The predicted octanol–water partition coefficient (Wildman–Crippen LogP) is 1.73. The highest BCUT2D eigenvalue weighted by atomic mass is 32.2. The third-order valence-electron chi connectivity index (χ3n) is 3.78. The van der Waals surface area contributed by atoms with Crippen molar-refractivity contribution in [3.05, 3.63) is 29.1 Å². The summed E-state index contributed by atoms with van der Waals surface area (Å²) < 4.78 is 11.4. The van der Waals surface area contributed by atoms with Crippen molar-refractivity contribution in [2.24, 2.45) is 0 Å². The first-order valence-corrected chi connectivity index (χ1v) is 7.99. The SMILES string of the molecule is Cc1cc(C(=O)NC2(C)CCS(=O)CC2)cnc1C. The second kappa shape index (κ2) is 5.41. The van der Waals surface area contributed by atoms with Gasteiger partial charge < -0.3 is 5.32 Å². The van der Waals surface area contributed by atoms with Crippen LogP contribution in [0.2, 0.25) is 0 Å². The fraction of sp³-hybridized carbons (Fsp3) is 0.571. The number of nitrogens with zero attached hydrogens (tertiary/aromatic N) is 1. The molecule has 19 heavy (non-hydrogen) atoms. The van der Waals surface area contributed by atoms with Gasteiger partial charge in [0.2, 0.25) is 0 Å². The lowest BCUT2D eigenvalue weighted by Crippen LogP contribution is -2.50. The molecule has 0 aromatic carbocycles. The summed E-state index contributed by atoms with van der Waals surface area (Å²) in [6.07, 6.45) is 3.15. The summed E-state index contributed by atoms with van der Waals surface area (Å²) in [6, 6.07) is 1.86. The quantitative estimate of drug-likeness (QED) is 0.897. The van der Waals surface area contributed by atoms with Crippen LogP contribution >= 0.6 is 0 Å². The van der Waals surface area contributed by atoms with E-state index >= 15 is 0 Å². The number of aryl methyl sites for hydroxylation is 2. The van der Waals surface area contributed by atoms with Crippen LogP contribution in [0.5, 0.6) is 0 Å². The zero-order chi connectivity index (χ0) is 14.0. The van der Waals surface area contributed by atoms with Crippen molar-refractivity contribution in [1.29, 1.82) is 0 Å². The van der Waals surface area contributed by atoms with Crippen LogP contribution in [0, 0.1) is 13.8 Å². The molecule has 0 atom stereocenters. The molecule has 1 fully saturated rings. The third kappa shape index (κ3) is 3.41. The van der Waals surface area contributed by atoms with Crippen LogP contribution in [0.4, 0.5) is 0 Å². The van der Waals surface area contributed by atoms with Gasteiger partial charge in [-0.2, -0.15) is 0 Å². The second-order valence-corrected chi connectivity index (χ2v) is 7.19. The number of hydrogen-bond donors (Lipinski definition) is 1. The largest absolute Gasteiger partial charge is 0.347 e. The lowest BCUT2D eigenvalue weighted by atomic mass is 9.94. The summed E-state index contributed by atoms with van der Waals surface area (Å²) in [4.78, 5) is 16.5. The molecular weight excluding hydrogens is 260 g/mol. The van der Waals surface area contributed by atoms with Crippen LogP contribution in [0.1, 0.15) is 41.4 Å². The Labute approximate surface area is 116 Å². The van der Waals surface area contributed by atoms with E-state index in [-0.39, 0.29) is 11.4 Å². The summed E-state index contributed by atoms with van der Waals surface area (Å²) >= 11 is 0. The minimum atomic E-state index is -0.717. The Morgan fingerprint density at radius 2 is 2.00 bits per heavy atom. The van der Waals surface area contributed by atoms with Crippen LogP contribution in [-0.2, 0) is 10.8 Å². The van der Waals surface area contributed by atoms with E-state index in [0.717, 1.165) is 24.1 Å². The molecule has 1 aliphatic heterocycles. The van der Waals surface area contributed by atoms with Gasteiger partial charge in [-0.25, -0.2) is 0 Å². The number of hydrogen-bond acceptors (Lipinski definition) is 3. The van der Waals surface area contributed by atoms with E-state index in [1.165, 1.54) is 0 Å².